The minimum absolute atomic E-state index is 0.0593. The van der Waals surface area contributed by atoms with Crippen molar-refractivity contribution >= 4 is 28.5 Å². The van der Waals surface area contributed by atoms with Gasteiger partial charge in [-0.05, 0) is 26.0 Å². The van der Waals surface area contributed by atoms with Crippen LogP contribution in [0.2, 0.25) is 0 Å². The molecule has 0 aliphatic carbocycles. The van der Waals surface area contributed by atoms with Crippen LogP contribution in [0.25, 0.3) is 11.0 Å². The fourth-order valence-electron chi connectivity index (χ4n) is 3.19. The minimum atomic E-state index is -0.369. The molecule has 130 valence electrons. The molecule has 9 nitrogen and oxygen atoms in total. The zero-order chi connectivity index (χ0) is 17.6. The van der Waals surface area contributed by atoms with Crippen molar-refractivity contribution in [2.24, 2.45) is 0 Å². The number of hydrogen-bond acceptors (Lipinski definition) is 6. The average Bonchev–Trinajstić information content (AvgIpc) is 3.10. The number of fused-ring (bicyclic) bond motifs is 1. The van der Waals surface area contributed by atoms with Crippen molar-refractivity contribution in [2.75, 3.05) is 23.3 Å². The second kappa shape index (κ2) is 5.76. The van der Waals surface area contributed by atoms with E-state index in [1.165, 1.54) is 0 Å². The van der Waals surface area contributed by atoms with E-state index >= 15 is 0 Å². The van der Waals surface area contributed by atoms with Gasteiger partial charge in [0.05, 0.1) is 22.0 Å². The van der Waals surface area contributed by atoms with Gasteiger partial charge in [0, 0.05) is 19.6 Å². The molecule has 0 amide bonds. The summed E-state index contributed by atoms with van der Waals surface area (Å²) in [6.07, 6.45) is 0. The lowest BCUT2D eigenvalue weighted by atomic mass is 10.1. The number of aryl methyl sites for hydroxylation is 2. The number of para-hydroxylation sites is 2. The first-order valence-corrected chi connectivity index (χ1v) is 8.25. The van der Waals surface area contributed by atoms with Gasteiger partial charge in [-0.2, -0.15) is 5.10 Å². The van der Waals surface area contributed by atoms with Crippen LogP contribution < -0.4 is 10.2 Å². The Kier molecular flexibility index (Phi) is 3.56. The Morgan fingerprint density at radius 3 is 2.84 bits per heavy atom. The third kappa shape index (κ3) is 2.57. The summed E-state index contributed by atoms with van der Waals surface area (Å²) in [6.45, 7) is 5.62. The highest BCUT2D eigenvalue weighted by Crippen LogP contribution is 2.30. The van der Waals surface area contributed by atoms with Crippen LogP contribution >= 0.6 is 0 Å². The summed E-state index contributed by atoms with van der Waals surface area (Å²) >= 11 is 0. The van der Waals surface area contributed by atoms with Crippen LogP contribution in [0.1, 0.15) is 12.6 Å². The number of H-pyrrole nitrogens is 1. The van der Waals surface area contributed by atoms with Crippen LogP contribution in [-0.4, -0.2) is 43.8 Å². The first kappa shape index (κ1) is 15.4. The van der Waals surface area contributed by atoms with Crippen molar-refractivity contribution in [3.63, 3.8) is 0 Å². The SMILES string of the molecule is CCn1nc(C)c([N+](=O)[O-])c1NC1CN(c2nc3ccccc3[nH]2)C1. The van der Waals surface area contributed by atoms with E-state index in [-0.39, 0.29) is 16.7 Å². The number of nitrogens with zero attached hydrogens (tertiary/aromatic N) is 5. The van der Waals surface area contributed by atoms with Gasteiger partial charge in [0.2, 0.25) is 11.8 Å². The summed E-state index contributed by atoms with van der Waals surface area (Å²) in [5.41, 5.74) is 2.43. The van der Waals surface area contributed by atoms with Crippen LogP contribution in [0.5, 0.6) is 0 Å². The fraction of sp³-hybridized carbons (Fsp3) is 0.375. The maximum atomic E-state index is 11.3. The van der Waals surface area contributed by atoms with Crippen LogP contribution in [0.4, 0.5) is 17.5 Å². The van der Waals surface area contributed by atoms with E-state index in [4.69, 9.17) is 0 Å². The topological polar surface area (TPSA) is 105 Å². The van der Waals surface area contributed by atoms with Crippen molar-refractivity contribution in [3.05, 3.63) is 40.1 Å². The van der Waals surface area contributed by atoms with Gasteiger partial charge >= 0.3 is 5.69 Å². The number of rotatable bonds is 5. The lowest BCUT2D eigenvalue weighted by Crippen LogP contribution is -2.55. The van der Waals surface area contributed by atoms with Crippen molar-refractivity contribution in [3.8, 4) is 0 Å². The Balaban J connectivity index is 1.49. The second-order valence-corrected chi connectivity index (χ2v) is 6.18. The quantitative estimate of drug-likeness (QED) is 0.545. The van der Waals surface area contributed by atoms with Gasteiger partial charge in [-0.25, -0.2) is 9.67 Å². The summed E-state index contributed by atoms with van der Waals surface area (Å²) < 4.78 is 1.65. The second-order valence-electron chi connectivity index (χ2n) is 6.18. The molecule has 1 aliphatic rings. The van der Waals surface area contributed by atoms with Gasteiger partial charge in [-0.15, -0.1) is 0 Å². The van der Waals surface area contributed by atoms with E-state index in [1.807, 2.05) is 31.2 Å². The molecule has 4 rings (SSSR count). The number of nitro groups is 1. The van der Waals surface area contributed by atoms with Gasteiger partial charge in [-0.1, -0.05) is 12.1 Å². The molecule has 1 fully saturated rings. The molecule has 0 spiro atoms. The molecule has 0 saturated carbocycles. The zero-order valence-corrected chi connectivity index (χ0v) is 14.1. The predicted octanol–water partition coefficient (Wildman–Crippen LogP) is 2.30. The first-order valence-electron chi connectivity index (χ1n) is 8.25. The Morgan fingerprint density at radius 1 is 1.40 bits per heavy atom. The lowest BCUT2D eigenvalue weighted by molar-refractivity contribution is -0.384. The first-order chi connectivity index (χ1) is 12.1. The largest absolute Gasteiger partial charge is 0.358 e. The summed E-state index contributed by atoms with van der Waals surface area (Å²) in [5, 5.41) is 18.9. The molecule has 2 N–H and O–H groups in total. The van der Waals surface area contributed by atoms with E-state index in [0.29, 0.717) is 18.1 Å². The molecule has 0 radical (unpaired) electrons. The standard InChI is InChI=1S/C16H19N7O2/c1-3-22-15(14(23(24)25)10(2)20-22)17-11-8-21(9-11)16-18-12-6-4-5-7-13(12)19-16/h4-7,11,17H,3,8-9H2,1-2H3,(H,18,19). The highest BCUT2D eigenvalue weighted by Gasteiger charge is 2.33. The molecule has 1 aliphatic heterocycles. The maximum Gasteiger partial charge on any atom is 0.333 e. The fourth-order valence-corrected chi connectivity index (χ4v) is 3.19. The summed E-state index contributed by atoms with van der Waals surface area (Å²) in [5.74, 6) is 1.31. The van der Waals surface area contributed by atoms with E-state index in [0.717, 1.165) is 30.1 Å². The molecule has 9 heteroatoms. The number of benzene rings is 1. The zero-order valence-electron chi connectivity index (χ0n) is 14.1. The summed E-state index contributed by atoms with van der Waals surface area (Å²) in [6, 6.07) is 8.01. The molecule has 25 heavy (non-hydrogen) atoms. The molecule has 1 aromatic carbocycles. The van der Waals surface area contributed by atoms with Crippen molar-refractivity contribution in [1.29, 1.82) is 0 Å². The van der Waals surface area contributed by atoms with Crippen molar-refractivity contribution in [1.82, 2.24) is 19.7 Å². The molecule has 2 aromatic heterocycles. The Labute approximate surface area is 143 Å². The smallest absolute Gasteiger partial charge is 0.333 e. The van der Waals surface area contributed by atoms with Crippen LogP contribution in [0.15, 0.2) is 24.3 Å². The number of imidazole rings is 1. The average molecular weight is 341 g/mol. The van der Waals surface area contributed by atoms with Crippen LogP contribution in [-0.2, 0) is 6.54 Å². The summed E-state index contributed by atoms with van der Waals surface area (Å²) in [7, 11) is 0. The molecule has 3 aromatic rings. The van der Waals surface area contributed by atoms with E-state index in [2.05, 4.69) is 25.3 Å². The van der Waals surface area contributed by atoms with Crippen molar-refractivity contribution in [2.45, 2.75) is 26.4 Å². The number of nitrogens with one attached hydrogen (secondary N) is 2. The molecular weight excluding hydrogens is 322 g/mol. The van der Waals surface area contributed by atoms with E-state index in [9.17, 15) is 10.1 Å². The maximum absolute atomic E-state index is 11.3. The number of anilines is 2. The number of hydrogen-bond donors (Lipinski definition) is 2. The predicted molar refractivity (Wildman–Crippen MR) is 95.0 cm³/mol. The molecule has 0 atom stereocenters. The Morgan fingerprint density at radius 2 is 2.16 bits per heavy atom. The number of aromatic nitrogens is 4. The Hall–Kier alpha value is -3.10. The monoisotopic (exact) mass is 341 g/mol. The van der Waals surface area contributed by atoms with Crippen LogP contribution in [0.3, 0.4) is 0 Å². The third-order valence-corrected chi connectivity index (χ3v) is 4.48. The minimum Gasteiger partial charge on any atom is -0.358 e. The normalized spacial score (nSPS) is 14.7. The van der Waals surface area contributed by atoms with Crippen LogP contribution in [0, 0.1) is 17.0 Å². The number of aromatic amines is 1. The van der Waals surface area contributed by atoms with Gasteiger partial charge in [0.25, 0.3) is 0 Å². The lowest BCUT2D eigenvalue weighted by Gasteiger charge is -2.39. The highest BCUT2D eigenvalue weighted by atomic mass is 16.6. The molecule has 0 unspecified atom stereocenters. The Bertz CT molecular complexity index is 906. The molecule has 1 saturated heterocycles. The van der Waals surface area contributed by atoms with Gasteiger partial charge in [0.1, 0.15) is 5.69 Å². The molecule has 0 bridgehead atoms. The molecule has 3 heterocycles. The van der Waals surface area contributed by atoms with Gasteiger partial charge in [0.15, 0.2) is 0 Å². The van der Waals surface area contributed by atoms with Crippen molar-refractivity contribution < 1.29 is 4.92 Å². The summed E-state index contributed by atoms with van der Waals surface area (Å²) in [4.78, 5) is 21.0. The van der Waals surface area contributed by atoms with E-state index in [1.54, 1.807) is 11.6 Å². The third-order valence-electron chi connectivity index (χ3n) is 4.48. The van der Waals surface area contributed by atoms with Gasteiger partial charge in [-0.3, -0.25) is 10.1 Å². The highest BCUT2D eigenvalue weighted by molar-refractivity contribution is 5.77. The van der Waals surface area contributed by atoms with E-state index < -0.39 is 0 Å². The molecular formula is C16H19N7O2. The van der Waals surface area contributed by atoms with Gasteiger partial charge < -0.3 is 15.2 Å².